The SMILES string of the molecule is COC1(C(NN)c2occc2Br)CCOCC1. The molecular weight excluding hydrogens is 288 g/mol. The van der Waals surface area contributed by atoms with Crippen LogP contribution in [-0.2, 0) is 9.47 Å². The van der Waals surface area contributed by atoms with Crippen molar-refractivity contribution in [3.05, 3.63) is 22.6 Å². The highest BCUT2D eigenvalue weighted by molar-refractivity contribution is 9.10. The Morgan fingerprint density at radius 2 is 2.24 bits per heavy atom. The van der Waals surface area contributed by atoms with E-state index < -0.39 is 0 Å². The van der Waals surface area contributed by atoms with Crippen molar-refractivity contribution in [2.45, 2.75) is 24.5 Å². The molecule has 1 fully saturated rings. The molecule has 1 aliphatic heterocycles. The highest BCUT2D eigenvalue weighted by Crippen LogP contribution is 2.39. The lowest BCUT2D eigenvalue weighted by Crippen LogP contribution is -2.51. The van der Waals surface area contributed by atoms with E-state index in [1.54, 1.807) is 13.4 Å². The van der Waals surface area contributed by atoms with Crippen LogP contribution in [0, 0.1) is 0 Å². The minimum atomic E-state index is -0.382. The van der Waals surface area contributed by atoms with E-state index in [1.807, 2.05) is 6.07 Å². The molecule has 0 saturated carbocycles. The zero-order valence-electron chi connectivity index (χ0n) is 9.74. The van der Waals surface area contributed by atoms with Gasteiger partial charge in [0.05, 0.1) is 16.3 Å². The van der Waals surface area contributed by atoms with Crippen molar-refractivity contribution in [2.75, 3.05) is 20.3 Å². The Hall–Kier alpha value is -0.400. The number of hydrogen-bond acceptors (Lipinski definition) is 5. The van der Waals surface area contributed by atoms with Crippen molar-refractivity contribution in [3.63, 3.8) is 0 Å². The molecule has 0 aliphatic carbocycles. The summed E-state index contributed by atoms with van der Waals surface area (Å²) in [5.41, 5.74) is 2.42. The van der Waals surface area contributed by atoms with Crippen LogP contribution >= 0.6 is 15.9 Å². The molecule has 0 amide bonds. The second kappa shape index (κ2) is 5.49. The van der Waals surface area contributed by atoms with Crippen LogP contribution in [0.2, 0.25) is 0 Å². The van der Waals surface area contributed by atoms with Gasteiger partial charge in [-0.1, -0.05) is 0 Å². The van der Waals surface area contributed by atoms with E-state index >= 15 is 0 Å². The third kappa shape index (κ3) is 2.41. The minimum absolute atomic E-state index is 0.194. The molecule has 17 heavy (non-hydrogen) atoms. The van der Waals surface area contributed by atoms with E-state index in [4.69, 9.17) is 19.7 Å². The first-order valence-corrected chi connectivity index (χ1v) is 6.35. The number of nitrogens with one attached hydrogen (secondary N) is 1. The number of halogens is 1. The third-order valence-corrected chi connectivity index (χ3v) is 4.00. The van der Waals surface area contributed by atoms with Crippen molar-refractivity contribution in [1.82, 2.24) is 5.43 Å². The maximum Gasteiger partial charge on any atom is 0.139 e. The number of ether oxygens (including phenoxy) is 2. The van der Waals surface area contributed by atoms with Gasteiger partial charge in [0.15, 0.2) is 0 Å². The first kappa shape index (κ1) is 13.0. The highest BCUT2D eigenvalue weighted by atomic mass is 79.9. The Kier molecular flexibility index (Phi) is 4.22. The summed E-state index contributed by atoms with van der Waals surface area (Å²) >= 11 is 3.45. The van der Waals surface area contributed by atoms with E-state index in [-0.39, 0.29) is 11.6 Å². The van der Waals surface area contributed by atoms with Crippen LogP contribution in [-0.4, -0.2) is 25.9 Å². The average molecular weight is 305 g/mol. The topological polar surface area (TPSA) is 69.7 Å². The molecule has 6 heteroatoms. The van der Waals surface area contributed by atoms with Crippen LogP contribution in [0.3, 0.4) is 0 Å². The zero-order valence-corrected chi connectivity index (χ0v) is 11.3. The molecule has 0 aromatic carbocycles. The predicted molar refractivity (Wildman–Crippen MR) is 66.3 cm³/mol. The van der Waals surface area contributed by atoms with Crippen molar-refractivity contribution in [2.24, 2.45) is 5.84 Å². The number of furan rings is 1. The maximum atomic E-state index is 5.71. The summed E-state index contributed by atoms with van der Waals surface area (Å²) in [6.07, 6.45) is 3.20. The largest absolute Gasteiger partial charge is 0.466 e. The first-order chi connectivity index (χ1) is 8.23. The van der Waals surface area contributed by atoms with E-state index in [0.717, 1.165) is 23.1 Å². The fraction of sp³-hybridized carbons (Fsp3) is 0.636. The predicted octanol–water partition coefficient (Wildman–Crippen LogP) is 1.74. The fourth-order valence-electron chi connectivity index (χ4n) is 2.31. The lowest BCUT2D eigenvalue weighted by molar-refractivity contribution is -0.115. The molecule has 0 bridgehead atoms. The third-order valence-electron chi connectivity index (χ3n) is 3.35. The molecule has 1 saturated heterocycles. The second-order valence-corrected chi connectivity index (χ2v) is 4.97. The molecule has 0 radical (unpaired) electrons. The van der Waals surface area contributed by atoms with Gasteiger partial charge < -0.3 is 13.9 Å². The summed E-state index contributed by atoms with van der Waals surface area (Å²) in [4.78, 5) is 0. The zero-order chi connectivity index (χ0) is 12.3. The summed E-state index contributed by atoms with van der Waals surface area (Å²) in [5.74, 6) is 6.43. The molecule has 3 N–H and O–H groups in total. The molecule has 1 aliphatic rings. The van der Waals surface area contributed by atoms with Gasteiger partial charge >= 0.3 is 0 Å². The van der Waals surface area contributed by atoms with Gasteiger partial charge in [-0.3, -0.25) is 5.84 Å². The van der Waals surface area contributed by atoms with Crippen molar-refractivity contribution in [3.8, 4) is 0 Å². The first-order valence-electron chi connectivity index (χ1n) is 5.55. The number of rotatable bonds is 4. The Bertz CT molecular complexity index is 363. The summed E-state index contributed by atoms with van der Waals surface area (Å²) < 4.78 is 17.5. The maximum absolute atomic E-state index is 5.71. The Morgan fingerprint density at radius 3 is 2.71 bits per heavy atom. The van der Waals surface area contributed by atoms with Gasteiger partial charge in [0, 0.05) is 33.2 Å². The smallest absolute Gasteiger partial charge is 0.139 e. The van der Waals surface area contributed by atoms with Crippen molar-refractivity contribution in [1.29, 1.82) is 0 Å². The number of methoxy groups -OCH3 is 1. The van der Waals surface area contributed by atoms with Crippen molar-refractivity contribution >= 4 is 15.9 Å². The standard InChI is InChI=1S/C11H17BrN2O3/c1-15-11(3-6-16-7-4-11)10(14-13)9-8(12)2-5-17-9/h2,5,10,14H,3-4,6-7,13H2,1H3. The monoisotopic (exact) mass is 304 g/mol. The number of hydrazine groups is 1. The van der Waals surface area contributed by atoms with Crippen molar-refractivity contribution < 1.29 is 13.9 Å². The van der Waals surface area contributed by atoms with E-state index in [2.05, 4.69) is 21.4 Å². The molecule has 1 aromatic heterocycles. The molecule has 0 spiro atoms. The molecule has 2 rings (SSSR count). The quantitative estimate of drug-likeness (QED) is 0.655. The number of hydrogen-bond donors (Lipinski definition) is 2. The van der Waals surface area contributed by atoms with Crippen LogP contribution in [0.15, 0.2) is 21.2 Å². The molecule has 96 valence electrons. The molecule has 1 unspecified atom stereocenters. The lowest BCUT2D eigenvalue weighted by atomic mass is 9.85. The van der Waals surface area contributed by atoms with Gasteiger partial charge in [-0.05, 0) is 22.0 Å². The second-order valence-electron chi connectivity index (χ2n) is 4.11. The normalized spacial score (nSPS) is 21.4. The molecular formula is C11H17BrN2O3. The number of nitrogens with two attached hydrogens (primary N) is 1. The Labute approximate surface area is 109 Å². The van der Waals surface area contributed by atoms with Gasteiger partial charge in [-0.25, -0.2) is 5.43 Å². The van der Waals surface area contributed by atoms with Gasteiger partial charge in [-0.15, -0.1) is 0 Å². The van der Waals surface area contributed by atoms with Crippen LogP contribution < -0.4 is 11.3 Å². The molecule has 2 heterocycles. The van der Waals surface area contributed by atoms with Gasteiger partial charge in [0.25, 0.3) is 0 Å². The van der Waals surface area contributed by atoms with Gasteiger partial charge in [-0.2, -0.15) is 0 Å². The Morgan fingerprint density at radius 1 is 1.53 bits per heavy atom. The summed E-state index contributed by atoms with van der Waals surface area (Å²) in [7, 11) is 1.70. The molecule has 1 aromatic rings. The summed E-state index contributed by atoms with van der Waals surface area (Å²) in [6.45, 7) is 1.34. The van der Waals surface area contributed by atoms with Crippen LogP contribution in [0.5, 0.6) is 0 Å². The Balaban J connectivity index is 2.29. The van der Waals surface area contributed by atoms with E-state index in [1.165, 1.54) is 0 Å². The summed E-state index contributed by atoms with van der Waals surface area (Å²) in [5, 5.41) is 0. The van der Waals surface area contributed by atoms with Crippen LogP contribution in [0.25, 0.3) is 0 Å². The van der Waals surface area contributed by atoms with Gasteiger partial charge in [0.2, 0.25) is 0 Å². The summed E-state index contributed by atoms with van der Waals surface area (Å²) in [6, 6.07) is 1.66. The fourth-order valence-corrected chi connectivity index (χ4v) is 2.74. The van der Waals surface area contributed by atoms with E-state index in [0.29, 0.717) is 13.2 Å². The molecule has 5 nitrogen and oxygen atoms in total. The minimum Gasteiger partial charge on any atom is -0.466 e. The van der Waals surface area contributed by atoms with Crippen LogP contribution in [0.4, 0.5) is 0 Å². The lowest BCUT2D eigenvalue weighted by Gasteiger charge is -2.41. The average Bonchev–Trinajstić information content (AvgIpc) is 2.78. The van der Waals surface area contributed by atoms with Gasteiger partial charge in [0.1, 0.15) is 11.8 Å². The van der Waals surface area contributed by atoms with E-state index in [9.17, 15) is 0 Å². The van der Waals surface area contributed by atoms with Crippen LogP contribution in [0.1, 0.15) is 24.6 Å². The highest BCUT2D eigenvalue weighted by Gasteiger charge is 2.43. The molecule has 1 atom stereocenters.